The van der Waals surface area contributed by atoms with Crippen LogP contribution in [-0.4, -0.2) is 11.4 Å². The molecule has 1 aliphatic heterocycles. The van der Waals surface area contributed by atoms with Gasteiger partial charge in [-0.25, -0.2) is 0 Å². The van der Waals surface area contributed by atoms with Crippen molar-refractivity contribution in [3.63, 3.8) is 0 Å². The molecule has 136 valence electrons. The SMILES string of the molecule is O=C1C=CC2C=CC1[C@]13O[C@H]4c5cccc6cccc(c56)[C@H]4C1C=CC=C[C@H]23. The number of hydrogen-bond donors (Lipinski definition) is 0. The molecule has 2 bridgehead atoms. The van der Waals surface area contributed by atoms with E-state index in [0.717, 1.165) is 0 Å². The molecular formula is C26H20O2. The van der Waals surface area contributed by atoms with E-state index in [0.29, 0.717) is 0 Å². The number of rotatable bonds is 0. The summed E-state index contributed by atoms with van der Waals surface area (Å²) in [6.45, 7) is 0. The summed E-state index contributed by atoms with van der Waals surface area (Å²) in [4.78, 5) is 13.1. The van der Waals surface area contributed by atoms with Crippen molar-refractivity contribution in [3.8, 4) is 0 Å². The van der Waals surface area contributed by atoms with E-state index >= 15 is 0 Å². The lowest BCUT2D eigenvalue weighted by Gasteiger charge is -2.47. The average molecular weight is 364 g/mol. The molecule has 8 rings (SSSR count). The number of carbonyl (C=O) groups excluding carboxylic acids is 1. The van der Waals surface area contributed by atoms with E-state index < -0.39 is 5.60 Å². The third-order valence-corrected chi connectivity index (χ3v) is 7.68. The van der Waals surface area contributed by atoms with Gasteiger partial charge in [0.15, 0.2) is 5.78 Å². The van der Waals surface area contributed by atoms with Gasteiger partial charge in [-0.2, -0.15) is 0 Å². The first-order valence-corrected chi connectivity index (χ1v) is 10.2. The summed E-state index contributed by atoms with van der Waals surface area (Å²) < 4.78 is 7.10. The minimum atomic E-state index is -0.505. The molecule has 5 aliphatic carbocycles. The van der Waals surface area contributed by atoms with Crippen LogP contribution in [0.25, 0.3) is 10.8 Å². The van der Waals surface area contributed by atoms with Crippen molar-refractivity contribution in [2.45, 2.75) is 17.6 Å². The molecule has 6 aliphatic rings. The van der Waals surface area contributed by atoms with Gasteiger partial charge in [0.2, 0.25) is 0 Å². The number of benzene rings is 2. The van der Waals surface area contributed by atoms with E-state index in [-0.39, 0.29) is 41.5 Å². The molecule has 0 aromatic heterocycles. The highest BCUT2D eigenvalue weighted by Crippen LogP contribution is 2.66. The van der Waals surface area contributed by atoms with Crippen molar-refractivity contribution < 1.29 is 9.53 Å². The van der Waals surface area contributed by atoms with Crippen LogP contribution in [0.2, 0.25) is 0 Å². The minimum Gasteiger partial charge on any atom is -0.364 e. The topological polar surface area (TPSA) is 26.3 Å². The molecule has 0 amide bonds. The van der Waals surface area contributed by atoms with Crippen molar-refractivity contribution in [2.24, 2.45) is 23.7 Å². The van der Waals surface area contributed by atoms with E-state index in [1.54, 1.807) is 6.08 Å². The van der Waals surface area contributed by atoms with E-state index in [4.69, 9.17) is 4.74 Å². The Hall–Kier alpha value is -2.71. The number of ketones is 1. The summed E-state index contributed by atoms with van der Waals surface area (Å²) >= 11 is 0. The molecule has 2 aromatic carbocycles. The van der Waals surface area contributed by atoms with E-state index in [2.05, 4.69) is 78.9 Å². The number of carbonyl (C=O) groups is 1. The molecule has 1 fully saturated rings. The van der Waals surface area contributed by atoms with Gasteiger partial charge in [0.05, 0.1) is 17.6 Å². The molecule has 0 radical (unpaired) electrons. The largest absolute Gasteiger partial charge is 0.364 e. The third kappa shape index (κ3) is 1.59. The second kappa shape index (κ2) is 5.01. The zero-order chi connectivity index (χ0) is 18.5. The Morgan fingerprint density at radius 1 is 0.821 bits per heavy atom. The summed E-state index contributed by atoms with van der Waals surface area (Å²) in [7, 11) is 0. The molecule has 1 saturated heterocycles. The third-order valence-electron chi connectivity index (χ3n) is 7.68. The van der Waals surface area contributed by atoms with E-state index in [9.17, 15) is 4.79 Å². The first-order chi connectivity index (χ1) is 13.8. The summed E-state index contributed by atoms with van der Waals surface area (Å²) in [5, 5.41) is 2.64. The zero-order valence-corrected chi connectivity index (χ0v) is 15.4. The monoisotopic (exact) mass is 364 g/mol. The Labute approximate surface area is 163 Å². The Bertz CT molecular complexity index is 1160. The van der Waals surface area contributed by atoms with Crippen molar-refractivity contribution in [3.05, 3.63) is 96.1 Å². The maximum atomic E-state index is 13.1. The Balaban J connectivity index is 1.51. The predicted molar refractivity (Wildman–Crippen MR) is 109 cm³/mol. The van der Waals surface area contributed by atoms with Gasteiger partial charge in [-0.3, -0.25) is 4.79 Å². The highest BCUT2D eigenvalue weighted by atomic mass is 16.5. The van der Waals surface area contributed by atoms with Gasteiger partial charge in [-0.15, -0.1) is 0 Å². The number of ether oxygens (including phenoxy) is 1. The minimum absolute atomic E-state index is 0.0188. The van der Waals surface area contributed by atoms with Crippen LogP contribution in [0.3, 0.4) is 0 Å². The molecule has 1 heterocycles. The fraction of sp³-hybridized carbons (Fsp3) is 0.269. The highest BCUT2D eigenvalue weighted by Gasteiger charge is 2.66. The molecular weight excluding hydrogens is 344 g/mol. The fourth-order valence-corrected chi connectivity index (χ4v) is 6.70. The predicted octanol–water partition coefficient (Wildman–Crippen LogP) is 5.05. The van der Waals surface area contributed by atoms with Crippen LogP contribution in [-0.2, 0) is 9.53 Å². The molecule has 3 unspecified atom stereocenters. The van der Waals surface area contributed by atoms with Gasteiger partial charge in [-0.05, 0) is 28.0 Å². The highest BCUT2D eigenvalue weighted by molar-refractivity contribution is 5.96. The Morgan fingerprint density at radius 3 is 2.46 bits per heavy atom. The molecule has 2 aromatic rings. The van der Waals surface area contributed by atoms with E-state index in [1.165, 1.54) is 21.9 Å². The fourth-order valence-electron chi connectivity index (χ4n) is 6.70. The first-order valence-electron chi connectivity index (χ1n) is 10.2. The van der Waals surface area contributed by atoms with Crippen molar-refractivity contribution in [1.82, 2.24) is 0 Å². The van der Waals surface area contributed by atoms with Gasteiger partial charge in [0, 0.05) is 23.7 Å². The molecule has 7 atom stereocenters. The number of allylic oxidation sites excluding steroid dienone is 5. The van der Waals surface area contributed by atoms with Gasteiger partial charge in [0.1, 0.15) is 0 Å². The van der Waals surface area contributed by atoms with Crippen LogP contribution in [0.15, 0.2) is 85.0 Å². The Morgan fingerprint density at radius 2 is 1.61 bits per heavy atom. The maximum absolute atomic E-state index is 13.1. The van der Waals surface area contributed by atoms with Gasteiger partial charge in [0.25, 0.3) is 0 Å². The van der Waals surface area contributed by atoms with Crippen molar-refractivity contribution in [2.75, 3.05) is 0 Å². The Kier molecular flexibility index (Phi) is 2.73. The number of fused-ring (bicyclic) bond motifs is 5. The lowest BCUT2D eigenvalue weighted by Crippen LogP contribution is -2.53. The summed E-state index contributed by atoms with van der Waals surface area (Å²) in [5.41, 5.74) is 2.17. The molecule has 0 N–H and O–H groups in total. The van der Waals surface area contributed by atoms with E-state index in [1.807, 2.05) is 0 Å². The van der Waals surface area contributed by atoms with Crippen molar-refractivity contribution >= 4 is 16.6 Å². The van der Waals surface area contributed by atoms with Crippen LogP contribution < -0.4 is 0 Å². The van der Waals surface area contributed by atoms with Crippen LogP contribution in [0, 0.1) is 23.7 Å². The van der Waals surface area contributed by atoms with Gasteiger partial charge in [-0.1, -0.05) is 78.9 Å². The number of hydrogen-bond acceptors (Lipinski definition) is 2. The standard InChI is InChI=1S/C26H20O2/c27-22-14-12-15-11-13-20(22)26-19(15)9-1-2-10-21(26)24-17-7-3-5-16-6-4-8-18(23(16)17)25(24)28-26/h1-15,19-21,24-25H/t15?,19-,20?,21?,24+,25+,26+/m1/s1. The van der Waals surface area contributed by atoms with Crippen LogP contribution in [0.1, 0.15) is 23.1 Å². The molecule has 2 nitrogen and oxygen atoms in total. The molecule has 0 saturated carbocycles. The summed E-state index contributed by atoms with van der Waals surface area (Å²) in [5.74, 6) is 0.800. The van der Waals surface area contributed by atoms with Gasteiger partial charge < -0.3 is 4.74 Å². The van der Waals surface area contributed by atoms with Crippen LogP contribution in [0.5, 0.6) is 0 Å². The second-order valence-electron chi connectivity index (χ2n) is 8.73. The quantitative estimate of drug-likeness (QED) is 0.612. The zero-order valence-electron chi connectivity index (χ0n) is 15.4. The average Bonchev–Trinajstić information content (AvgIpc) is 2.96. The molecule has 2 heteroatoms. The summed E-state index contributed by atoms with van der Waals surface area (Å²) in [6.07, 6.45) is 17.1. The maximum Gasteiger partial charge on any atom is 0.165 e. The van der Waals surface area contributed by atoms with Crippen LogP contribution in [0.4, 0.5) is 0 Å². The van der Waals surface area contributed by atoms with Gasteiger partial charge >= 0.3 is 0 Å². The molecule has 1 spiro atoms. The van der Waals surface area contributed by atoms with Crippen LogP contribution >= 0.6 is 0 Å². The smallest absolute Gasteiger partial charge is 0.165 e. The lowest BCUT2D eigenvalue weighted by molar-refractivity contribution is -0.141. The normalized spacial score (nSPS) is 41.1. The first kappa shape index (κ1) is 15.2. The summed E-state index contributed by atoms with van der Waals surface area (Å²) in [6, 6.07) is 13.2. The van der Waals surface area contributed by atoms with Crippen molar-refractivity contribution in [1.29, 1.82) is 0 Å². The second-order valence-corrected chi connectivity index (χ2v) is 8.73. The lowest BCUT2D eigenvalue weighted by atomic mass is 9.60. The molecule has 28 heavy (non-hydrogen) atoms.